The molecule has 0 aliphatic carbocycles. The van der Waals surface area contributed by atoms with Gasteiger partial charge >= 0.3 is 5.97 Å². The fraction of sp³-hybridized carbons (Fsp3) is 0.211. The molecule has 2 aromatic rings. The molecule has 1 heterocycles. The smallest absolute Gasteiger partial charge is 0.338 e. The zero-order valence-corrected chi connectivity index (χ0v) is 16.7. The minimum atomic E-state index is -0.526. The molecular formula is C19H17ClN2O3S2. The summed E-state index contributed by atoms with van der Waals surface area (Å²) in [6.07, 6.45) is 0. The molecule has 0 radical (unpaired) electrons. The number of para-hydroxylation sites is 1. The SMILES string of the molecule is O=C(COC(=O)c1ccccc1CSC1=NCCS1)Nc1ccccc1Cl. The summed E-state index contributed by atoms with van der Waals surface area (Å²) < 4.78 is 6.21. The first-order valence-corrected chi connectivity index (χ1v) is 10.6. The van der Waals surface area contributed by atoms with Crippen molar-refractivity contribution in [2.75, 3.05) is 24.2 Å². The van der Waals surface area contributed by atoms with Gasteiger partial charge in [-0.1, -0.05) is 65.5 Å². The molecule has 0 fully saturated rings. The largest absolute Gasteiger partial charge is 0.452 e. The van der Waals surface area contributed by atoms with Gasteiger partial charge in [-0.25, -0.2) is 4.79 Å². The molecule has 140 valence electrons. The van der Waals surface area contributed by atoms with E-state index in [2.05, 4.69) is 10.3 Å². The van der Waals surface area contributed by atoms with Crippen LogP contribution in [0, 0.1) is 0 Å². The number of hydrogen-bond acceptors (Lipinski definition) is 6. The van der Waals surface area contributed by atoms with E-state index in [4.69, 9.17) is 16.3 Å². The molecule has 1 aliphatic rings. The number of nitrogens with zero attached hydrogens (tertiary/aromatic N) is 1. The van der Waals surface area contributed by atoms with E-state index < -0.39 is 11.9 Å². The number of thioether (sulfide) groups is 2. The number of amides is 1. The quantitative estimate of drug-likeness (QED) is 0.698. The van der Waals surface area contributed by atoms with Gasteiger partial charge in [0.2, 0.25) is 0 Å². The van der Waals surface area contributed by atoms with E-state index in [1.54, 1.807) is 59.9 Å². The van der Waals surface area contributed by atoms with Crippen molar-refractivity contribution >= 4 is 57.1 Å². The fourth-order valence-corrected chi connectivity index (χ4v) is 4.54. The lowest BCUT2D eigenvalue weighted by Crippen LogP contribution is -2.21. The van der Waals surface area contributed by atoms with Gasteiger partial charge in [0, 0.05) is 11.5 Å². The average Bonchev–Trinajstić information content (AvgIpc) is 3.20. The molecule has 0 saturated heterocycles. The van der Waals surface area contributed by atoms with Gasteiger partial charge in [0.15, 0.2) is 6.61 Å². The summed E-state index contributed by atoms with van der Waals surface area (Å²) in [5.74, 6) is 0.664. The van der Waals surface area contributed by atoms with E-state index in [1.165, 1.54) is 0 Å². The fourth-order valence-electron chi connectivity index (χ4n) is 2.35. The van der Waals surface area contributed by atoms with Gasteiger partial charge in [-0.3, -0.25) is 9.79 Å². The lowest BCUT2D eigenvalue weighted by Gasteiger charge is -2.10. The Kier molecular flexibility index (Phi) is 7.20. The number of carbonyl (C=O) groups excluding carboxylic acids is 2. The van der Waals surface area contributed by atoms with Crippen molar-refractivity contribution in [3.63, 3.8) is 0 Å². The van der Waals surface area contributed by atoms with Crippen molar-refractivity contribution in [2.45, 2.75) is 5.75 Å². The average molecular weight is 421 g/mol. The number of nitrogens with one attached hydrogen (secondary N) is 1. The number of rotatable bonds is 6. The molecule has 2 aromatic carbocycles. The number of aliphatic imine (C=N–C) groups is 1. The van der Waals surface area contributed by atoms with Crippen LogP contribution in [0.15, 0.2) is 53.5 Å². The summed E-state index contributed by atoms with van der Waals surface area (Å²) in [5, 5.41) is 3.05. The lowest BCUT2D eigenvalue weighted by molar-refractivity contribution is -0.119. The molecule has 3 rings (SSSR count). The molecular weight excluding hydrogens is 404 g/mol. The molecule has 0 bridgehead atoms. The maximum atomic E-state index is 12.4. The Morgan fingerprint density at radius 3 is 2.74 bits per heavy atom. The molecule has 0 saturated carbocycles. The monoisotopic (exact) mass is 420 g/mol. The van der Waals surface area contributed by atoms with Crippen LogP contribution in [-0.2, 0) is 15.3 Å². The minimum Gasteiger partial charge on any atom is -0.452 e. The number of hydrogen-bond donors (Lipinski definition) is 1. The van der Waals surface area contributed by atoms with Gasteiger partial charge in [0.05, 0.1) is 22.8 Å². The molecule has 0 spiro atoms. The Labute approximate surface area is 170 Å². The van der Waals surface area contributed by atoms with Crippen LogP contribution in [0.5, 0.6) is 0 Å². The van der Waals surface area contributed by atoms with Crippen LogP contribution in [0.4, 0.5) is 5.69 Å². The topological polar surface area (TPSA) is 67.8 Å². The van der Waals surface area contributed by atoms with Crippen LogP contribution < -0.4 is 5.32 Å². The van der Waals surface area contributed by atoms with Crippen molar-refractivity contribution in [3.8, 4) is 0 Å². The van der Waals surface area contributed by atoms with E-state index in [0.29, 0.717) is 22.0 Å². The maximum absolute atomic E-state index is 12.4. The number of esters is 1. The van der Waals surface area contributed by atoms with E-state index >= 15 is 0 Å². The summed E-state index contributed by atoms with van der Waals surface area (Å²) in [5.41, 5.74) is 1.79. The first kappa shape index (κ1) is 19.8. The van der Waals surface area contributed by atoms with Crippen LogP contribution in [0.25, 0.3) is 0 Å². The van der Waals surface area contributed by atoms with Crippen LogP contribution >= 0.6 is 35.1 Å². The van der Waals surface area contributed by atoms with E-state index in [-0.39, 0.29) is 6.61 Å². The Hall–Kier alpha value is -1.96. The van der Waals surface area contributed by atoms with Crippen LogP contribution in [0.1, 0.15) is 15.9 Å². The molecule has 0 unspecified atom stereocenters. The Morgan fingerprint density at radius 1 is 1.19 bits per heavy atom. The molecule has 27 heavy (non-hydrogen) atoms. The molecule has 1 N–H and O–H groups in total. The van der Waals surface area contributed by atoms with Gasteiger partial charge < -0.3 is 10.1 Å². The van der Waals surface area contributed by atoms with Crippen LogP contribution in [0.3, 0.4) is 0 Å². The van der Waals surface area contributed by atoms with Crippen LogP contribution in [-0.4, -0.2) is 35.2 Å². The third-order valence-electron chi connectivity index (χ3n) is 3.63. The van der Waals surface area contributed by atoms with E-state index in [9.17, 15) is 9.59 Å². The number of halogens is 1. The molecule has 1 amide bonds. The molecule has 1 aliphatic heterocycles. The summed E-state index contributed by atoms with van der Waals surface area (Å²) in [6, 6.07) is 14.1. The van der Waals surface area contributed by atoms with Crippen molar-refractivity contribution in [2.24, 2.45) is 4.99 Å². The highest BCUT2D eigenvalue weighted by molar-refractivity contribution is 8.38. The Bertz CT molecular complexity index is 874. The molecule has 8 heteroatoms. The van der Waals surface area contributed by atoms with Gasteiger partial charge in [0.1, 0.15) is 4.38 Å². The third kappa shape index (κ3) is 5.76. The first-order chi connectivity index (χ1) is 13.1. The first-order valence-electron chi connectivity index (χ1n) is 8.23. The summed E-state index contributed by atoms with van der Waals surface area (Å²) in [6.45, 7) is 0.464. The zero-order chi connectivity index (χ0) is 19.1. The predicted molar refractivity (Wildman–Crippen MR) is 113 cm³/mol. The summed E-state index contributed by atoms with van der Waals surface area (Å²) >= 11 is 9.33. The number of benzene rings is 2. The summed E-state index contributed by atoms with van der Waals surface area (Å²) in [7, 11) is 0. The second-order valence-electron chi connectivity index (χ2n) is 5.55. The van der Waals surface area contributed by atoms with Gasteiger partial charge in [-0.2, -0.15) is 0 Å². The number of carbonyl (C=O) groups is 2. The van der Waals surface area contributed by atoms with Gasteiger partial charge in [-0.05, 0) is 23.8 Å². The van der Waals surface area contributed by atoms with Crippen molar-refractivity contribution in [1.29, 1.82) is 0 Å². The summed E-state index contributed by atoms with van der Waals surface area (Å²) in [4.78, 5) is 28.8. The number of ether oxygens (including phenoxy) is 1. The number of anilines is 1. The highest BCUT2D eigenvalue weighted by Crippen LogP contribution is 2.26. The second kappa shape index (κ2) is 9.82. The molecule has 0 aromatic heterocycles. The normalized spacial score (nSPS) is 13.1. The molecule has 0 atom stereocenters. The van der Waals surface area contributed by atoms with Crippen LogP contribution in [0.2, 0.25) is 5.02 Å². The maximum Gasteiger partial charge on any atom is 0.338 e. The predicted octanol–water partition coefficient (Wildman–Crippen LogP) is 4.47. The highest BCUT2D eigenvalue weighted by atomic mass is 35.5. The van der Waals surface area contributed by atoms with Gasteiger partial charge in [-0.15, -0.1) is 0 Å². The highest BCUT2D eigenvalue weighted by Gasteiger charge is 2.16. The van der Waals surface area contributed by atoms with Crippen molar-refractivity contribution in [1.82, 2.24) is 0 Å². The lowest BCUT2D eigenvalue weighted by atomic mass is 10.1. The standard InChI is InChI=1S/C19H17ClN2O3S2/c20-15-7-3-4-8-16(15)22-17(23)11-25-18(24)14-6-2-1-5-13(14)12-27-19-21-9-10-26-19/h1-8H,9-12H2,(H,22,23). The van der Waals surface area contributed by atoms with Crippen molar-refractivity contribution < 1.29 is 14.3 Å². The van der Waals surface area contributed by atoms with Crippen molar-refractivity contribution in [3.05, 3.63) is 64.7 Å². The minimum absolute atomic E-state index is 0.381. The van der Waals surface area contributed by atoms with E-state index in [0.717, 1.165) is 22.2 Å². The Balaban J connectivity index is 1.56. The van der Waals surface area contributed by atoms with Gasteiger partial charge in [0.25, 0.3) is 5.91 Å². The van der Waals surface area contributed by atoms with E-state index in [1.807, 2.05) is 12.1 Å². The zero-order valence-electron chi connectivity index (χ0n) is 14.3. The Morgan fingerprint density at radius 2 is 1.96 bits per heavy atom. The molecule has 5 nitrogen and oxygen atoms in total. The third-order valence-corrected chi connectivity index (χ3v) is 6.26. The second-order valence-corrected chi connectivity index (χ2v) is 8.26.